The average molecular weight is 495 g/mol. The van der Waals surface area contributed by atoms with E-state index in [4.69, 9.17) is 9.73 Å². The number of likely N-dealkylation sites (tertiary alicyclic amines) is 1. The molecule has 1 spiro atoms. The van der Waals surface area contributed by atoms with E-state index in [1.807, 2.05) is 6.92 Å². The van der Waals surface area contributed by atoms with Gasteiger partial charge in [-0.15, -0.1) is 10.2 Å². The molecule has 190 valence electrons. The zero-order valence-corrected chi connectivity index (χ0v) is 20.7. The maximum Gasteiger partial charge on any atom is 0.336 e. The van der Waals surface area contributed by atoms with Crippen molar-refractivity contribution >= 4 is 17.6 Å². The van der Waals surface area contributed by atoms with Crippen molar-refractivity contribution < 1.29 is 19.4 Å². The summed E-state index contributed by atoms with van der Waals surface area (Å²) in [7, 11) is 0. The molecule has 1 saturated heterocycles. The van der Waals surface area contributed by atoms with E-state index in [9.17, 15) is 14.7 Å². The van der Waals surface area contributed by atoms with Gasteiger partial charge in [0.2, 0.25) is 5.91 Å². The number of amides is 1. The van der Waals surface area contributed by atoms with Crippen molar-refractivity contribution in [1.29, 1.82) is 0 Å². The summed E-state index contributed by atoms with van der Waals surface area (Å²) in [5.74, 6) is 0.562. The van der Waals surface area contributed by atoms with Crippen molar-refractivity contribution in [2.45, 2.75) is 59.0 Å². The third kappa shape index (κ3) is 4.41. The molecule has 1 aliphatic carbocycles. The molecule has 2 aliphatic heterocycles. The normalized spacial score (nSPS) is 26.7. The minimum Gasteiger partial charge on any atom is -0.456 e. The monoisotopic (exact) mass is 494 g/mol. The minimum atomic E-state index is -0.923. The quantitative estimate of drug-likeness (QED) is 0.610. The molecule has 0 aromatic carbocycles. The van der Waals surface area contributed by atoms with Crippen LogP contribution in [0.4, 0.5) is 0 Å². The number of nitrogens with zero attached hydrogens (tertiary/aromatic N) is 8. The first-order valence-corrected chi connectivity index (χ1v) is 12.2. The standard InChI is InChI=1S/C24H30N8O4/c1-14-4-5-17(10-24(9-14)6-7-31(23(24)35)19-12-36-22(34)16(19)3)25-11-20(33)18-8-15(2)21(28-27-18)32-13-26-29-30-32/h8,13-14,20,33H,4-7,9-12H2,1-3H3/t14?,20-,24?/m1/s1. The summed E-state index contributed by atoms with van der Waals surface area (Å²) >= 11 is 0. The molecule has 36 heavy (non-hydrogen) atoms. The first kappa shape index (κ1) is 24.2. The van der Waals surface area contributed by atoms with Crippen LogP contribution in [0.2, 0.25) is 0 Å². The van der Waals surface area contributed by atoms with Gasteiger partial charge < -0.3 is 14.7 Å². The van der Waals surface area contributed by atoms with E-state index in [0.717, 1.165) is 30.5 Å². The van der Waals surface area contributed by atoms with Crippen molar-refractivity contribution in [2.24, 2.45) is 16.3 Å². The van der Waals surface area contributed by atoms with Gasteiger partial charge in [-0.1, -0.05) is 6.92 Å². The Hall–Kier alpha value is -3.54. The number of ether oxygens (including phenoxy) is 1. The maximum atomic E-state index is 13.7. The van der Waals surface area contributed by atoms with E-state index in [0.29, 0.717) is 48.1 Å². The summed E-state index contributed by atoms with van der Waals surface area (Å²) in [6.07, 6.45) is 4.29. The van der Waals surface area contributed by atoms with Crippen LogP contribution >= 0.6 is 0 Å². The van der Waals surface area contributed by atoms with Crippen LogP contribution in [0.25, 0.3) is 5.82 Å². The van der Waals surface area contributed by atoms with E-state index in [1.165, 1.54) is 11.0 Å². The summed E-state index contributed by atoms with van der Waals surface area (Å²) in [5.41, 5.74) is 2.79. The third-order valence-corrected chi connectivity index (χ3v) is 7.50. The number of aliphatic imine (C=N–C) groups is 1. The number of tetrazole rings is 1. The number of carbonyl (C=O) groups is 2. The highest BCUT2D eigenvalue weighted by molar-refractivity contribution is 5.97. The molecule has 5 rings (SSSR count). The second-order valence-electron chi connectivity index (χ2n) is 10.1. The number of rotatable bonds is 5. The van der Waals surface area contributed by atoms with Gasteiger partial charge in [0, 0.05) is 12.3 Å². The SMILES string of the molecule is CC1=C(N2CCC3(CC(=NC[C@@H](O)c4cc(C)c(-n5cnnn5)nn4)CCC(C)C3)C2=O)COC1=O. The molecule has 12 nitrogen and oxygen atoms in total. The lowest BCUT2D eigenvalue weighted by Gasteiger charge is -2.28. The fourth-order valence-corrected chi connectivity index (χ4v) is 5.50. The third-order valence-electron chi connectivity index (χ3n) is 7.50. The molecular formula is C24H30N8O4. The molecular weight excluding hydrogens is 464 g/mol. The predicted molar refractivity (Wildman–Crippen MR) is 127 cm³/mol. The highest BCUT2D eigenvalue weighted by Crippen LogP contribution is 2.46. The lowest BCUT2D eigenvalue weighted by Crippen LogP contribution is -2.36. The number of carbonyl (C=O) groups excluding carboxylic acids is 2. The molecule has 12 heteroatoms. The van der Waals surface area contributed by atoms with E-state index < -0.39 is 11.5 Å². The van der Waals surface area contributed by atoms with Crippen molar-refractivity contribution in [3.05, 3.63) is 34.9 Å². The summed E-state index contributed by atoms with van der Waals surface area (Å²) < 4.78 is 6.56. The fourth-order valence-electron chi connectivity index (χ4n) is 5.50. The van der Waals surface area contributed by atoms with Gasteiger partial charge in [0.25, 0.3) is 0 Å². The summed E-state index contributed by atoms with van der Waals surface area (Å²) in [6.45, 7) is 6.61. The van der Waals surface area contributed by atoms with Gasteiger partial charge in [-0.3, -0.25) is 9.79 Å². The molecule has 4 heterocycles. The van der Waals surface area contributed by atoms with E-state index >= 15 is 0 Å². The van der Waals surface area contributed by atoms with Crippen molar-refractivity contribution in [3.63, 3.8) is 0 Å². The second kappa shape index (κ2) is 9.49. The van der Waals surface area contributed by atoms with Gasteiger partial charge >= 0.3 is 5.97 Å². The number of hydrogen-bond donors (Lipinski definition) is 1. The number of aromatic nitrogens is 6. The van der Waals surface area contributed by atoms with Crippen LogP contribution in [0.1, 0.15) is 63.3 Å². The van der Waals surface area contributed by atoms with Gasteiger partial charge in [-0.25, -0.2) is 4.79 Å². The molecule has 3 aliphatic rings. The minimum absolute atomic E-state index is 0.0526. The van der Waals surface area contributed by atoms with Crippen LogP contribution in [-0.4, -0.2) is 77.7 Å². The van der Waals surface area contributed by atoms with Gasteiger partial charge in [0.15, 0.2) is 5.82 Å². The maximum absolute atomic E-state index is 13.7. The molecule has 2 aromatic heterocycles. The zero-order valence-electron chi connectivity index (χ0n) is 20.7. The van der Waals surface area contributed by atoms with Crippen molar-refractivity contribution in [1.82, 2.24) is 35.3 Å². The lowest BCUT2D eigenvalue weighted by atomic mass is 9.76. The van der Waals surface area contributed by atoms with Crippen molar-refractivity contribution in [2.75, 3.05) is 19.7 Å². The highest BCUT2D eigenvalue weighted by Gasteiger charge is 2.50. The summed E-state index contributed by atoms with van der Waals surface area (Å²) in [6, 6.07) is 1.75. The summed E-state index contributed by atoms with van der Waals surface area (Å²) in [4.78, 5) is 32.0. The van der Waals surface area contributed by atoms with E-state index in [-0.39, 0.29) is 25.0 Å². The number of aliphatic hydroxyl groups is 1. The highest BCUT2D eigenvalue weighted by atomic mass is 16.5. The van der Waals surface area contributed by atoms with Crippen LogP contribution in [0, 0.1) is 18.3 Å². The molecule has 2 aromatic rings. The Balaban J connectivity index is 1.32. The summed E-state index contributed by atoms with van der Waals surface area (Å²) in [5, 5.41) is 30.1. The molecule has 1 saturated carbocycles. The van der Waals surface area contributed by atoms with E-state index in [1.54, 1.807) is 17.9 Å². The van der Waals surface area contributed by atoms with Crippen LogP contribution in [0.5, 0.6) is 0 Å². The van der Waals surface area contributed by atoms with Gasteiger partial charge in [0.05, 0.1) is 28.9 Å². The van der Waals surface area contributed by atoms with Crippen LogP contribution in [-0.2, 0) is 14.3 Å². The smallest absolute Gasteiger partial charge is 0.336 e. The first-order valence-electron chi connectivity index (χ1n) is 12.2. The number of aliphatic hydroxyl groups excluding tert-OH is 1. The van der Waals surface area contributed by atoms with Crippen molar-refractivity contribution in [3.8, 4) is 5.82 Å². The lowest BCUT2D eigenvalue weighted by molar-refractivity contribution is -0.137. The second-order valence-corrected chi connectivity index (χ2v) is 10.1. The average Bonchev–Trinajstić information content (AvgIpc) is 3.54. The Morgan fingerprint density at radius 2 is 2.14 bits per heavy atom. The number of hydrogen-bond acceptors (Lipinski definition) is 10. The molecule has 0 bridgehead atoms. The van der Waals surface area contributed by atoms with Gasteiger partial charge in [-0.05, 0) is 73.9 Å². The number of aryl methyl sites for hydroxylation is 1. The number of cyclic esters (lactones) is 1. The largest absolute Gasteiger partial charge is 0.456 e. The van der Waals surface area contributed by atoms with Crippen LogP contribution in [0.3, 0.4) is 0 Å². The van der Waals surface area contributed by atoms with Gasteiger partial charge in [0.1, 0.15) is 19.0 Å². The molecule has 2 unspecified atom stereocenters. The van der Waals surface area contributed by atoms with Crippen LogP contribution < -0.4 is 0 Å². The Morgan fingerprint density at radius 1 is 1.31 bits per heavy atom. The fraction of sp³-hybridized carbons (Fsp3) is 0.583. The molecule has 2 fully saturated rings. The van der Waals surface area contributed by atoms with E-state index in [2.05, 4.69) is 32.6 Å². The zero-order chi connectivity index (χ0) is 25.4. The first-order chi connectivity index (χ1) is 17.3. The Bertz CT molecular complexity index is 1240. The molecule has 3 atom stereocenters. The molecule has 0 radical (unpaired) electrons. The Kier molecular flexibility index (Phi) is 6.37. The Morgan fingerprint density at radius 3 is 2.83 bits per heavy atom. The molecule has 1 N–H and O–H groups in total. The van der Waals surface area contributed by atoms with Crippen LogP contribution in [0.15, 0.2) is 28.7 Å². The predicted octanol–water partition coefficient (Wildman–Crippen LogP) is 1.49. The number of esters is 1. The topological polar surface area (TPSA) is 149 Å². The molecule has 1 amide bonds. The van der Waals surface area contributed by atoms with Gasteiger partial charge in [-0.2, -0.15) is 9.78 Å². The Labute approximate surface area is 208 Å².